The first-order valence-electron chi connectivity index (χ1n) is 3.71. The van der Waals surface area contributed by atoms with Crippen molar-refractivity contribution in [3.63, 3.8) is 0 Å². The first-order valence-corrected chi connectivity index (χ1v) is 4.09. The number of anilines is 1. The molecule has 1 aromatic heterocycles. The Morgan fingerprint density at radius 3 is 3.23 bits per heavy atom. The lowest BCUT2D eigenvalue weighted by Crippen LogP contribution is -2.06. The van der Waals surface area contributed by atoms with E-state index >= 15 is 0 Å². The summed E-state index contributed by atoms with van der Waals surface area (Å²) in [7, 11) is 0. The van der Waals surface area contributed by atoms with Crippen molar-refractivity contribution in [2.45, 2.75) is 0 Å². The number of nitrogens with zero attached hydrogens (tertiary/aromatic N) is 2. The highest BCUT2D eigenvalue weighted by Gasteiger charge is 2.18. The summed E-state index contributed by atoms with van der Waals surface area (Å²) in [5, 5.41) is 10.4. The number of halogens is 1. The Labute approximate surface area is 79.1 Å². The number of nitrogens with one attached hydrogen (secondary N) is 1. The molecule has 0 amide bonds. The standard InChI is InChI=1S/C7H6ClN3O2/c8-5-3-4-6(11-10-5)9-1-2-13-7(4)12/h3H,1-2H2,(H,9,11). The van der Waals surface area contributed by atoms with E-state index < -0.39 is 5.97 Å². The summed E-state index contributed by atoms with van der Waals surface area (Å²) in [6, 6.07) is 1.44. The summed E-state index contributed by atoms with van der Waals surface area (Å²) in [4.78, 5) is 11.3. The van der Waals surface area contributed by atoms with Gasteiger partial charge in [0.15, 0.2) is 11.0 Å². The second-order valence-corrected chi connectivity index (χ2v) is 2.88. The van der Waals surface area contributed by atoms with Crippen LogP contribution >= 0.6 is 11.6 Å². The topological polar surface area (TPSA) is 64.1 Å². The van der Waals surface area contributed by atoms with Gasteiger partial charge in [0.1, 0.15) is 12.2 Å². The zero-order chi connectivity index (χ0) is 9.26. The van der Waals surface area contributed by atoms with E-state index in [-0.39, 0.29) is 5.15 Å². The Hall–Kier alpha value is -1.36. The molecule has 0 spiro atoms. The Balaban J connectivity index is 2.49. The van der Waals surface area contributed by atoms with Crippen molar-refractivity contribution in [2.24, 2.45) is 0 Å². The molecule has 13 heavy (non-hydrogen) atoms. The van der Waals surface area contributed by atoms with Gasteiger partial charge in [0.25, 0.3) is 0 Å². The van der Waals surface area contributed by atoms with Gasteiger partial charge in [-0.1, -0.05) is 11.6 Å². The van der Waals surface area contributed by atoms with Gasteiger partial charge in [-0.3, -0.25) is 0 Å². The molecule has 0 unspecified atom stereocenters. The van der Waals surface area contributed by atoms with Gasteiger partial charge >= 0.3 is 5.97 Å². The number of rotatable bonds is 0. The van der Waals surface area contributed by atoms with Crippen LogP contribution in [0, 0.1) is 0 Å². The fourth-order valence-corrected chi connectivity index (χ4v) is 1.19. The number of carbonyl (C=O) groups excluding carboxylic acids is 1. The minimum atomic E-state index is -0.420. The Morgan fingerprint density at radius 1 is 1.54 bits per heavy atom. The van der Waals surface area contributed by atoms with Crippen molar-refractivity contribution in [1.29, 1.82) is 0 Å². The number of hydrogen-bond acceptors (Lipinski definition) is 5. The second-order valence-electron chi connectivity index (χ2n) is 2.49. The molecule has 2 rings (SSSR count). The third-order valence-electron chi connectivity index (χ3n) is 1.61. The fraction of sp³-hybridized carbons (Fsp3) is 0.286. The molecule has 5 nitrogen and oxygen atoms in total. The van der Waals surface area contributed by atoms with Crippen LogP contribution in [0.25, 0.3) is 0 Å². The minimum absolute atomic E-state index is 0.180. The first kappa shape index (κ1) is 8.25. The molecule has 0 radical (unpaired) electrons. The first-order chi connectivity index (χ1) is 6.27. The van der Waals surface area contributed by atoms with Gasteiger partial charge < -0.3 is 10.1 Å². The number of fused-ring (bicyclic) bond motifs is 1. The molecule has 6 heteroatoms. The number of hydrogen-bond donors (Lipinski definition) is 1. The average Bonchev–Trinajstić information content (AvgIpc) is 2.29. The van der Waals surface area contributed by atoms with Gasteiger partial charge in [-0.2, -0.15) is 0 Å². The highest BCUT2D eigenvalue weighted by Crippen LogP contribution is 2.17. The van der Waals surface area contributed by atoms with Crippen molar-refractivity contribution in [2.75, 3.05) is 18.5 Å². The van der Waals surface area contributed by atoms with Gasteiger partial charge in [0.2, 0.25) is 0 Å². The molecule has 0 saturated carbocycles. The zero-order valence-corrected chi connectivity index (χ0v) is 7.34. The predicted octanol–water partition coefficient (Wildman–Crippen LogP) is 0.712. The van der Waals surface area contributed by atoms with Crippen LogP contribution in [-0.4, -0.2) is 29.3 Å². The normalized spacial score (nSPS) is 15.3. The molecule has 1 aliphatic heterocycles. The van der Waals surface area contributed by atoms with Crippen LogP contribution in [-0.2, 0) is 4.74 Å². The summed E-state index contributed by atoms with van der Waals surface area (Å²) >= 11 is 5.59. The predicted molar refractivity (Wildman–Crippen MR) is 45.8 cm³/mol. The molecule has 0 aliphatic carbocycles. The number of ether oxygens (including phenoxy) is 1. The molecule has 0 bridgehead atoms. The second kappa shape index (κ2) is 3.18. The summed E-state index contributed by atoms with van der Waals surface area (Å²) in [6.45, 7) is 0.863. The minimum Gasteiger partial charge on any atom is -0.460 e. The van der Waals surface area contributed by atoms with E-state index in [0.29, 0.717) is 24.5 Å². The summed E-state index contributed by atoms with van der Waals surface area (Å²) < 4.78 is 4.86. The van der Waals surface area contributed by atoms with Crippen LogP contribution in [0.5, 0.6) is 0 Å². The average molecular weight is 200 g/mol. The number of aromatic nitrogens is 2. The van der Waals surface area contributed by atoms with Crippen LogP contribution in [0.1, 0.15) is 10.4 Å². The van der Waals surface area contributed by atoms with E-state index in [1.54, 1.807) is 0 Å². The monoisotopic (exact) mass is 199 g/mol. The van der Waals surface area contributed by atoms with Gasteiger partial charge in [0, 0.05) is 0 Å². The third-order valence-corrected chi connectivity index (χ3v) is 1.80. The molecule has 2 heterocycles. The Bertz CT molecular complexity index is 356. The van der Waals surface area contributed by atoms with Crippen molar-refractivity contribution >= 4 is 23.4 Å². The van der Waals surface area contributed by atoms with Crippen LogP contribution in [0.4, 0.5) is 5.82 Å². The summed E-state index contributed by atoms with van der Waals surface area (Å²) in [5.41, 5.74) is 0.331. The van der Waals surface area contributed by atoms with Crippen molar-refractivity contribution < 1.29 is 9.53 Å². The maximum atomic E-state index is 11.3. The SMILES string of the molecule is O=C1OCCNc2nnc(Cl)cc21. The highest BCUT2D eigenvalue weighted by atomic mass is 35.5. The van der Waals surface area contributed by atoms with E-state index in [4.69, 9.17) is 16.3 Å². The molecule has 1 N–H and O–H groups in total. The third kappa shape index (κ3) is 1.55. The van der Waals surface area contributed by atoms with Gasteiger partial charge in [0.05, 0.1) is 6.54 Å². The van der Waals surface area contributed by atoms with E-state index in [9.17, 15) is 4.79 Å². The molecule has 68 valence electrons. The molecule has 0 aromatic carbocycles. The van der Waals surface area contributed by atoms with Crippen molar-refractivity contribution in [3.8, 4) is 0 Å². The van der Waals surface area contributed by atoms with Crippen LogP contribution in [0.2, 0.25) is 5.15 Å². The molecule has 1 aliphatic rings. The molecule has 1 aromatic rings. The Morgan fingerprint density at radius 2 is 2.38 bits per heavy atom. The van der Waals surface area contributed by atoms with Gasteiger partial charge in [-0.05, 0) is 6.07 Å². The van der Waals surface area contributed by atoms with Crippen molar-refractivity contribution in [1.82, 2.24) is 10.2 Å². The molecular formula is C7H6ClN3O2. The van der Waals surface area contributed by atoms with E-state index in [1.807, 2.05) is 0 Å². The van der Waals surface area contributed by atoms with Crippen LogP contribution < -0.4 is 5.32 Å². The summed E-state index contributed by atoms with van der Waals surface area (Å²) in [6.07, 6.45) is 0. The fourth-order valence-electron chi connectivity index (χ4n) is 1.05. The number of esters is 1. The lowest BCUT2D eigenvalue weighted by molar-refractivity contribution is 0.0529. The Kier molecular flexibility index (Phi) is 2.02. The smallest absolute Gasteiger partial charge is 0.342 e. The molecule has 0 fully saturated rings. The maximum absolute atomic E-state index is 11.3. The van der Waals surface area contributed by atoms with E-state index in [1.165, 1.54) is 6.07 Å². The number of carbonyl (C=O) groups is 1. The number of cyclic esters (lactones) is 1. The summed E-state index contributed by atoms with van der Waals surface area (Å²) in [5.74, 6) is 0.00343. The largest absolute Gasteiger partial charge is 0.460 e. The van der Waals surface area contributed by atoms with Gasteiger partial charge in [-0.15, -0.1) is 10.2 Å². The van der Waals surface area contributed by atoms with Gasteiger partial charge in [-0.25, -0.2) is 4.79 Å². The highest BCUT2D eigenvalue weighted by molar-refractivity contribution is 6.29. The maximum Gasteiger partial charge on any atom is 0.342 e. The van der Waals surface area contributed by atoms with Crippen LogP contribution in [0.15, 0.2) is 6.07 Å². The lowest BCUT2D eigenvalue weighted by Gasteiger charge is -2.01. The van der Waals surface area contributed by atoms with Crippen molar-refractivity contribution in [3.05, 3.63) is 16.8 Å². The molecular weight excluding hydrogens is 194 g/mol. The quantitative estimate of drug-likeness (QED) is 0.624. The molecule has 0 saturated heterocycles. The van der Waals surface area contributed by atoms with E-state index in [0.717, 1.165) is 0 Å². The van der Waals surface area contributed by atoms with Crippen LogP contribution in [0.3, 0.4) is 0 Å². The van der Waals surface area contributed by atoms with E-state index in [2.05, 4.69) is 15.5 Å². The zero-order valence-electron chi connectivity index (χ0n) is 6.58. The molecule has 0 atom stereocenters. The lowest BCUT2D eigenvalue weighted by atomic mass is 10.3.